The van der Waals surface area contributed by atoms with Gasteiger partial charge in [-0.25, -0.2) is 0 Å². The molecule has 2 amide bonds. The highest BCUT2D eigenvalue weighted by atomic mass is 16.2. The van der Waals surface area contributed by atoms with Gasteiger partial charge in [0, 0.05) is 24.2 Å². The third kappa shape index (κ3) is 5.06. The maximum atomic E-state index is 12.3. The van der Waals surface area contributed by atoms with Gasteiger partial charge in [-0.3, -0.25) is 9.59 Å². The molecule has 0 aliphatic carbocycles. The average molecular weight is 331 g/mol. The fourth-order valence-corrected chi connectivity index (χ4v) is 3.23. The fraction of sp³-hybridized carbons (Fsp3) is 0.579. The summed E-state index contributed by atoms with van der Waals surface area (Å²) in [6, 6.07) is 5.38. The Hall–Kier alpha value is -1.88. The number of hydrogen-bond donors (Lipinski definition) is 3. The van der Waals surface area contributed by atoms with Gasteiger partial charge in [-0.1, -0.05) is 6.92 Å². The van der Waals surface area contributed by atoms with Gasteiger partial charge in [0.1, 0.15) is 0 Å². The van der Waals surface area contributed by atoms with Crippen LogP contribution in [0.5, 0.6) is 0 Å². The van der Waals surface area contributed by atoms with Crippen LogP contribution in [-0.2, 0) is 4.79 Å². The van der Waals surface area contributed by atoms with E-state index in [0.29, 0.717) is 30.4 Å². The number of hydrogen-bond acceptors (Lipinski definition) is 3. The number of rotatable bonds is 6. The van der Waals surface area contributed by atoms with Crippen LogP contribution in [0.25, 0.3) is 0 Å². The minimum absolute atomic E-state index is 0.0435. The largest absolute Gasteiger partial charge is 0.352 e. The lowest BCUT2D eigenvalue weighted by atomic mass is 9.85. The number of benzene rings is 1. The van der Waals surface area contributed by atoms with Gasteiger partial charge in [-0.05, 0) is 75.4 Å². The van der Waals surface area contributed by atoms with E-state index in [2.05, 4.69) is 22.9 Å². The highest BCUT2D eigenvalue weighted by Gasteiger charge is 2.22. The predicted octanol–water partition coefficient (Wildman–Crippen LogP) is 2.71. The first-order valence-corrected chi connectivity index (χ1v) is 8.90. The van der Waals surface area contributed by atoms with E-state index in [9.17, 15) is 9.59 Å². The number of nitrogens with one attached hydrogen (secondary N) is 3. The fourth-order valence-electron chi connectivity index (χ4n) is 3.23. The zero-order chi connectivity index (χ0) is 17.5. The third-order valence-electron chi connectivity index (χ3n) is 4.75. The van der Waals surface area contributed by atoms with Crippen molar-refractivity contribution >= 4 is 17.5 Å². The van der Waals surface area contributed by atoms with Crippen LogP contribution in [0.3, 0.4) is 0 Å². The van der Waals surface area contributed by atoms with Gasteiger partial charge in [0.05, 0.1) is 0 Å². The summed E-state index contributed by atoms with van der Waals surface area (Å²) in [4.78, 5) is 24.2. The molecule has 0 bridgehead atoms. The molecule has 1 heterocycles. The standard InChI is InChI=1S/C19H29N3O2/c1-4-21-19(24)15-7-8-17(14(3)10-15)22-18(23)11-13(2)16-6-5-9-20-12-16/h7-8,10,13,16,20H,4-6,9,11-12H2,1-3H3,(H,21,24)(H,22,23). The quantitative estimate of drug-likeness (QED) is 0.750. The van der Waals surface area contributed by atoms with E-state index >= 15 is 0 Å². The number of anilines is 1. The van der Waals surface area contributed by atoms with Crippen molar-refractivity contribution in [1.29, 1.82) is 0 Å². The van der Waals surface area contributed by atoms with Crippen LogP contribution in [0.4, 0.5) is 5.69 Å². The first kappa shape index (κ1) is 18.5. The molecule has 5 nitrogen and oxygen atoms in total. The van der Waals surface area contributed by atoms with Gasteiger partial charge in [-0.15, -0.1) is 0 Å². The first-order chi connectivity index (χ1) is 11.5. The molecule has 1 aliphatic heterocycles. The second-order valence-corrected chi connectivity index (χ2v) is 6.73. The lowest BCUT2D eigenvalue weighted by Crippen LogP contribution is -2.34. The Morgan fingerprint density at radius 1 is 1.38 bits per heavy atom. The van der Waals surface area contributed by atoms with E-state index in [-0.39, 0.29) is 11.8 Å². The number of carbonyl (C=O) groups excluding carboxylic acids is 2. The summed E-state index contributed by atoms with van der Waals surface area (Å²) in [6.07, 6.45) is 2.92. The number of aryl methyl sites for hydroxylation is 1. The van der Waals surface area contributed by atoms with E-state index < -0.39 is 0 Å². The van der Waals surface area contributed by atoms with Crippen molar-refractivity contribution in [2.24, 2.45) is 11.8 Å². The monoisotopic (exact) mass is 331 g/mol. The highest BCUT2D eigenvalue weighted by Crippen LogP contribution is 2.24. The van der Waals surface area contributed by atoms with Crippen molar-refractivity contribution in [2.75, 3.05) is 25.0 Å². The Morgan fingerprint density at radius 3 is 2.79 bits per heavy atom. The van der Waals surface area contributed by atoms with Gasteiger partial charge in [0.25, 0.3) is 5.91 Å². The van der Waals surface area contributed by atoms with Crippen molar-refractivity contribution in [2.45, 2.75) is 40.0 Å². The first-order valence-electron chi connectivity index (χ1n) is 8.90. The second kappa shape index (κ2) is 8.83. The average Bonchev–Trinajstić information content (AvgIpc) is 2.57. The molecule has 1 fully saturated rings. The third-order valence-corrected chi connectivity index (χ3v) is 4.75. The smallest absolute Gasteiger partial charge is 0.251 e. The molecule has 1 saturated heterocycles. The Labute approximate surface area is 144 Å². The molecule has 2 rings (SSSR count). The van der Waals surface area contributed by atoms with Crippen molar-refractivity contribution in [1.82, 2.24) is 10.6 Å². The van der Waals surface area contributed by atoms with Crippen LogP contribution in [0.15, 0.2) is 18.2 Å². The van der Waals surface area contributed by atoms with Crippen molar-refractivity contribution < 1.29 is 9.59 Å². The summed E-state index contributed by atoms with van der Waals surface area (Å²) in [5, 5.41) is 9.17. The van der Waals surface area contributed by atoms with E-state index in [1.165, 1.54) is 12.8 Å². The van der Waals surface area contributed by atoms with Crippen LogP contribution in [0, 0.1) is 18.8 Å². The predicted molar refractivity (Wildman–Crippen MR) is 97.2 cm³/mol. The summed E-state index contributed by atoms with van der Waals surface area (Å²) in [5.41, 5.74) is 2.30. The van der Waals surface area contributed by atoms with Gasteiger partial charge in [0.15, 0.2) is 0 Å². The van der Waals surface area contributed by atoms with Gasteiger partial charge < -0.3 is 16.0 Å². The molecule has 2 atom stereocenters. The minimum atomic E-state index is -0.0862. The topological polar surface area (TPSA) is 70.2 Å². The summed E-state index contributed by atoms with van der Waals surface area (Å²) < 4.78 is 0. The molecule has 1 aromatic rings. The molecule has 5 heteroatoms. The van der Waals surface area contributed by atoms with Gasteiger partial charge in [0.2, 0.25) is 5.91 Å². The lowest BCUT2D eigenvalue weighted by Gasteiger charge is -2.28. The second-order valence-electron chi connectivity index (χ2n) is 6.73. The maximum absolute atomic E-state index is 12.3. The number of carbonyl (C=O) groups is 2. The summed E-state index contributed by atoms with van der Waals surface area (Å²) in [5.74, 6) is 0.900. The molecule has 24 heavy (non-hydrogen) atoms. The zero-order valence-corrected chi connectivity index (χ0v) is 14.9. The van der Waals surface area contributed by atoms with Crippen molar-refractivity contribution in [3.63, 3.8) is 0 Å². The molecule has 1 aromatic carbocycles. The van der Waals surface area contributed by atoms with E-state index in [1.807, 2.05) is 26.0 Å². The summed E-state index contributed by atoms with van der Waals surface area (Å²) in [7, 11) is 0. The molecule has 0 aromatic heterocycles. The Balaban J connectivity index is 1.92. The molecular formula is C19H29N3O2. The molecule has 0 radical (unpaired) electrons. The van der Waals surface area contributed by atoms with Crippen LogP contribution in [0.2, 0.25) is 0 Å². The summed E-state index contributed by atoms with van der Waals surface area (Å²) >= 11 is 0. The van der Waals surface area contributed by atoms with Crippen LogP contribution in [0.1, 0.15) is 49.0 Å². The maximum Gasteiger partial charge on any atom is 0.251 e. The SMILES string of the molecule is CCNC(=O)c1ccc(NC(=O)CC(C)C2CCCNC2)c(C)c1. The molecule has 3 N–H and O–H groups in total. The molecular weight excluding hydrogens is 302 g/mol. The molecule has 1 aliphatic rings. The normalized spacial score (nSPS) is 18.7. The zero-order valence-electron chi connectivity index (χ0n) is 14.9. The van der Waals surface area contributed by atoms with Crippen molar-refractivity contribution in [3.8, 4) is 0 Å². The Kier molecular flexibility index (Phi) is 6.79. The molecule has 2 unspecified atom stereocenters. The van der Waals surface area contributed by atoms with Crippen molar-refractivity contribution in [3.05, 3.63) is 29.3 Å². The Bertz CT molecular complexity index is 580. The van der Waals surface area contributed by atoms with E-state index in [1.54, 1.807) is 6.07 Å². The van der Waals surface area contributed by atoms with E-state index in [4.69, 9.17) is 0 Å². The number of piperidine rings is 1. The molecule has 132 valence electrons. The minimum Gasteiger partial charge on any atom is -0.352 e. The highest BCUT2D eigenvalue weighted by molar-refractivity contribution is 5.96. The van der Waals surface area contributed by atoms with E-state index in [0.717, 1.165) is 24.3 Å². The summed E-state index contributed by atoms with van der Waals surface area (Å²) in [6.45, 7) is 8.66. The lowest BCUT2D eigenvalue weighted by molar-refractivity contribution is -0.117. The van der Waals surface area contributed by atoms with Gasteiger partial charge in [-0.2, -0.15) is 0 Å². The van der Waals surface area contributed by atoms with Crippen LogP contribution < -0.4 is 16.0 Å². The molecule has 0 spiro atoms. The number of amides is 2. The van der Waals surface area contributed by atoms with Crippen LogP contribution in [-0.4, -0.2) is 31.4 Å². The van der Waals surface area contributed by atoms with Crippen LogP contribution >= 0.6 is 0 Å². The van der Waals surface area contributed by atoms with Gasteiger partial charge >= 0.3 is 0 Å². The Morgan fingerprint density at radius 2 is 2.17 bits per heavy atom. The molecule has 0 saturated carbocycles.